The zero-order valence-electron chi connectivity index (χ0n) is 22.9. The normalized spacial score (nSPS) is 24.3. The lowest BCUT2D eigenvalue weighted by Crippen LogP contribution is -2.64. The molecule has 0 spiro atoms. The van der Waals surface area contributed by atoms with Crippen molar-refractivity contribution in [3.05, 3.63) is 72.9 Å². The molecule has 0 aliphatic carbocycles. The molecule has 218 valence electrons. The lowest BCUT2D eigenvalue weighted by atomic mass is 9.97. The SMILES string of the molecule is CCC=CCC=CCC=CCC=CCC=CCC=CCCC(=O)NCC(=O)NC1[C@H](O)OC(CO)[C@@H](O)[C@H]1O. The predicted molar refractivity (Wildman–Crippen MR) is 152 cm³/mol. The highest BCUT2D eigenvalue weighted by Crippen LogP contribution is 2.19. The number of carbonyl (C=O) groups excluding carboxylic acids is 2. The Morgan fingerprint density at radius 3 is 1.69 bits per heavy atom. The maximum absolute atomic E-state index is 12.0. The largest absolute Gasteiger partial charge is 0.394 e. The molecule has 2 unspecified atom stereocenters. The molecule has 9 heteroatoms. The van der Waals surface area contributed by atoms with Gasteiger partial charge in [0.05, 0.1) is 13.2 Å². The fourth-order valence-corrected chi connectivity index (χ4v) is 3.61. The lowest BCUT2D eigenvalue weighted by Gasteiger charge is -2.40. The minimum atomic E-state index is -1.60. The topological polar surface area (TPSA) is 148 Å². The van der Waals surface area contributed by atoms with Gasteiger partial charge in [0.1, 0.15) is 24.4 Å². The highest BCUT2D eigenvalue weighted by atomic mass is 16.6. The molecular formula is C30H46N2O7. The summed E-state index contributed by atoms with van der Waals surface area (Å²) in [5.41, 5.74) is 0. The number of ether oxygens (including phenoxy) is 1. The molecule has 0 saturated carbocycles. The number of allylic oxidation sites excluding steroid dienone is 12. The molecule has 1 fully saturated rings. The van der Waals surface area contributed by atoms with Crippen LogP contribution in [0.5, 0.6) is 0 Å². The number of amides is 2. The van der Waals surface area contributed by atoms with Crippen LogP contribution in [0.15, 0.2) is 72.9 Å². The molecule has 5 atom stereocenters. The van der Waals surface area contributed by atoms with Crippen molar-refractivity contribution in [3.8, 4) is 0 Å². The van der Waals surface area contributed by atoms with Gasteiger partial charge < -0.3 is 35.8 Å². The molecular weight excluding hydrogens is 500 g/mol. The van der Waals surface area contributed by atoms with Gasteiger partial charge >= 0.3 is 0 Å². The summed E-state index contributed by atoms with van der Waals surface area (Å²) in [6.07, 6.45) is 26.0. The van der Waals surface area contributed by atoms with Crippen LogP contribution in [-0.4, -0.2) is 76.0 Å². The van der Waals surface area contributed by atoms with E-state index in [1.54, 1.807) is 0 Å². The van der Waals surface area contributed by atoms with Gasteiger partial charge in [0.15, 0.2) is 6.29 Å². The third-order valence-electron chi connectivity index (χ3n) is 5.81. The standard InChI is InChI=1S/C30H46N2O7/c1-2-3-4-5-6-7-8-9-10-11-12-13-14-15-16-17-18-19-20-21-25(34)31-22-26(35)32-27-29(37)28(36)24(23-33)39-30(27)38/h3-4,6-7,9-10,12-13,15-16,18-19,24,27-30,33,36-38H,2,5,8,11,14,17,20-23H2,1H3,(H,31,34)(H,32,35)/t24?,27?,28-,29+,30-/m1/s1. The van der Waals surface area contributed by atoms with Crippen LogP contribution in [0.1, 0.15) is 58.3 Å². The van der Waals surface area contributed by atoms with Crippen molar-refractivity contribution >= 4 is 11.8 Å². The smallest absolute Gasteiger partial charge is 0.239 e. The average molecular weight is 547 g/mol. The summed E-state index contributed by atoms with van der Waals surface area (Å²) in [5.74, 6) is -0.968. The van der Waals surface area contributed by atoms with Crippen molar-refractivity contribution in [2.75, 3.05) is 13.2 Å². The van der Waals surface area contributed by atoms with E-state index < -0.39 is 43.2 Å². The first-order valence-corrected chi connectivity index (χ1v) is 13.7. The Balaban J connectivity index is 2.09. The van der Waals surface area contributed by atoms with Crippen LogP contribution in [0.2, 0.25) is 0 Å². The van der Waals surface area contributed by atoms with Gasteiger partial charge in [-0.15, -0.1) is 0 Å². The van der Waals surface area contributed by atoms with Gasteiger partial charge in [-0.1, -0.05) is 79.8 Å². The number of aliphatic hydroxyl groups is 4. The predicted octanol–water partition coefficient (Wildman–Crippen LogP) is 2.50. The van der Waals surface area contributed by atoms with Crippen LogP contribution < -0.4 is 10.6 Å². The van der Waals surface area contributed by atoms with Gasteiger partial charge in [-0.2, -0.15) is 0 Å². The van der Waals surface area contributed by atoms with E-state index >= 15 is 0 Å². The van der Waals surface area contributed by atoms with Gasteiger partial charge in [0.2, 0.25) is 11.8 Å². The van der Waals surface area contributed by atoms with Crippen molar-refractivity contribution in [1.29, 1.82) is 0 Å². The number of aliphatic hydroxyl groups excluding tert-OH is 4. The number of rotatable bonds is 18. The fraction of sp³-hybridized carbons (Fsp3) is 0.533. The number of nitrogens with one attached hydrogen (secondary N) is 2. The molecule has 0 bridgehead atoms. The monoisotopic (exact) mass is 546 g/mol. The summed E-state index contributed by atoms with van der Waals surface area (Å²) >= 11 is 0. The Morgan fingerprint density at radius 1 is 0.718 bits per heavy atom. The van der Waals surface area contributed by atoms with Crippen molar-refractivity contribution in [2.24, 2.45) is 0 Å². The minimum absolute atomic E-state index is 0.212. The Kier molecular flexibility index (Phi) is 19.3. The molecule has 1 rings (SSSR count). The minimum Gasteiger partial charge on any atom is -0.394 e. The molecule has 6 N–H and O–H groups in total. The molecule has 9 nitrogen and oxygen atoms in total. The van der Waals surface area contributed by atoms with Crippen LogP contribution in [0.25, 0.3) is 0 Å². The second-order valence-electron chi connectivity index (χ2n) is 9.05. The molecule has 1 saturated heterocycles. The van der Waals surface area contributed by atoms with Crippen LogP contribution in [0, 0.1) is 0 Å². The molecule has 1 heterocycles. The molecule has 1 aliphatic heterocycles. The second kappa shape index (κ2) is 22.0. The Bertz CT molecular complexity index is 863. The Hall–Kier alpha value is -2.82. The molecule has 0 aromatic heterocycles. The van der Waals surface area contributed by atoms with Gasteiger partial charge in [-0.25, -0.2) is 0 Å². The number of hydrogen-bond donors (Lipinski definition) is 6. The molecule has 0 aromatic rings. The summed E-state index contributed by atoms with van der Waals surface area (Å²) in [7, 11) is 0. The van der Waals surface area contributed by atoms with Crippen molar-refractivity contribution in [1.82, 2.24) is 10.6 Å². The molecule has 2 amide bonds. The summed E-state index contributed by atoms with van der Waals surface area (Å²) < 4.78 is 4.98. The van der Waals surface area contributed by atoms with Crippen molar-refractivity contribution in [3.63, 3.8) is 0 Å². The van der Waals surface area contributed by atoms with Gasteiger partial charge in [-0.3, -0.25) is 9.59 Å². The molecule has 39 heavy (non-hydrogen) atoms. The maximum Gasteiger partial charge on any atom is 0.239 e. The Morgan fingerprint density at radius 2 is 1.21 bits per heavy atom. The highest BCUT2D eigenvalue weighted by Gasteiger charge is 2.44. The highest BCUT2D eigenvalue weighted by molar-refractivity contribution is 5.84. The van der Waals surface area contributed by atoms with Crippen molar-refractivity contribution < 1.29 is 34.8 Å². The quantitative estimate of drug-likeness (QED) is 0.145. The van der Waals surface area contributed by atoms with Gasteiger partial charge in [0.25, 0.3) is 0 Å². The fourth-order valence-electron chi connectivity index (χ4n) is 3.61. The molecule has 0 radical (unpaired) electrons. The first-order chi connectivity index (χ1) is 18.9. The summed E-state index contributed by atoms with van der Waals surface area (Å²) in [6.45, 7) is 1.19. The first kappa shape index (κ1) is 34.2. The summed E-state index contributed by atoms with van der Waals surface area (Å²) in [4.78, 5) is 24.0. The third kappa shape index (κ3) is 16.0. The summed E-state index contributed by atoms with van der Waals surface area (Å²) in [6, 6.07) is -1.29. The zero-order valence-corrected chi connectivity index (χ0v) is 22.9. The third-order valence-corrected chi connectivity index (χ3v) is 5.81. The van der Waals surface area contributed by atoms with E-state index in [4.69, 9.17) is 9.84 Å². The molecule has 1 aliphatic rings. The first-order valence-electron chi connectivity index (χ1n) is 13.7. The zero-order chi connectivity index (χ0) is 28.7. The van der Waals surface area contributed by atoms with E-state index in [0.717, 1.165) is 38.5 Å². The van der Waals surface area contributed by atoms with E-state index in [2.05, 4.69) is 78.3 Å². The average Bonchev–Trinajstić information content (AvgIpc) is 2.93. The van der Waals surface area contributed by atoms with Crippen LogP contribution >= 0.6 is 0 Å². The lowest BCUT2D eigenvalue weighted by molar-refractivity contribution is -0.253. The van der Waals surface area contributed by atoms with Gasteiger partial charge in [-0.05, 0) is 44.9 Å². The van der Waals surface area contributed by atoms with Crippen molar-refractivity contribution in [2.45, 2.75) is 88.9 Å². The van der Waals surface area contributed by atoms with E-state index in [-0.39, 0.29) is 18.9 Å². The van der Waals surface area contributed by atoms with E-state index in [0.29, 0.717) is 6.42 Å². The van der Waals surface area contributed by atoms with E-state index in [1.807, 2.05) is 12.2 Å². The molecule has 0 aromatic carbocycles. The van der Waals surface area contributed by atoms with E-state index in [1.165, 1.54) is 0 Å². The Labute approximate surface area is 232 Å². The van der Waals surface area contributed by atoms with Crippen LogP contribution in [0.4, 0.5) is 0 Å². The maximum atomic E-state index is 12.0. The van der Waals surface area contributed by atoms with Crippen LogP contribution in [-0.2, 0) is 14.3 Å². The van der Waals surface area contributed by atoms with Crippen LogP contribution in [0.3, 0.4) is 0 Å². The summed E-state index contributed by atoms with van der Waals surface area (Å²) in [5, 5.41) is 43.6. The number of hydrogen-bond acceptors (Lipinski definition) is 7. The van der Waals surface area contributed by atoms with Gasteiger partial charge in [0, 0.05) is 6.42 Å². The number of carbonyl (C=O) groups is 2. The van der Waals surface area contributed by atoms with E-state index in [9.17, 15) is 24.9 Å². The second-order valence-corrected chi connectivity index (χ2v) is 9.05.